The van der Waals surface area contributed by atoms with Crippen LogP contribution in [0, 0.1) is 0 Å². The molecule has 0 amide bonds. The first-order chi connectivity index (χ1) is 6.65. The molecule has 2 N–H and O–H groups in total. The molecule has 14 heavy (non-hydrogen) atoms. The minimum absolute atomic E-state index is 0.111. The second kappa shape index (κ2) is 4.96. The topological polar surface area (TPSA) is 48.1 Å². The Hall–Kier alpha value is -1.09. The minimum atomic E-state index is 0.111. The Bertz CT molecular complexity index is 286. The lowest BCUT2D eigenvalue weighted by Gasteiger charge is -2.15. The summed E-state index contributed by atoms with van der Waals surface area (Å²) in [6.07, 6.45) is 0. The molecule has 3 nitrogen and oxygen atoms in total. The maximum absolute atomic E-state index is 5.81. The van der Waals surface area contributed by atoms with Crippen LogP contribution in [0.5, 0.6) is 5.88 Å². The van der Waals surface area contributed by atoms with E-state index in [4.69, 9.17) is 10.5 Å². The molecule has 0 saturated heterocycles. The van der Waals surface area contributed by atoms with Crippen LogP contribution in [0.2, 0.25) is 0 Å². The number of nitrogens with two attached hydrogens (primary N) is 1. The van der Waals surface area contributed by atoms with Crippen LogP contribution in [0.15, 0.2) is 18.2 Å². The summed E-state index contributed by atoms with van der Waals surface area (Å²) in [5.74, 6) is 0.938. The van der Waals surface area contributed by atoms with Crippen LogP contribution in [0.3, 0.4) is 0 Å². The van der Waals surface area contributed by atoms with Gasteiger partial charge in [0, 0.05) is 23.7 Å². The molecule has 0 bridgehead atoms. The highest BCUT2D eigenvalue weighted by molar-refractivity contribution is 5.19. The molecular formula is C11H18N2O. The summed E-state index contributed by atoms with van der Waals surface area (Å²) >= 11 is 0. The van der Waals surface area contributed by atoms with E-state index in [1.54, 1.807) is 0 Å². The number of hydrogen-bond donors (Lipinski definition) is 1. The molecule has 0 aliphatic heterocycles. The normalized spacial score (nSPS) is 14.9. The Labute approximate surface area is 85.3 Å². The van der Waals surface area contributed by atoms with E-state index >= 15 is 0 Å². The number of pyridine rings is 1. The molecule has 0 spiro atoms. The second-order valence-corrected chi connectivity index (χ2v) is 3.48. The first-order valence-corrected chi connectivity index (χ1v) is 5.00. The average molecular weight is 194 g/mol. The lowest BCUT2D eigenvalue weighted by molar-refractivity contribution is 0.325. The van der Waals surface area contributed by atoms with Gasteiger partial charge in [-0.25, -0.2) is 4.98 Å². The van der Waals surface area contributed by atoms with Crippen molar-refractivity contribution in [3.8, 4) is 5.88 Å². The highest BCUT2D eigenvalue weighted by Crippen LogP contribution is 2.18. The van der Waals surface area contributed by atoms with E-state index < -0.39 is 0 Å². The third-order valence-corrected chi connectivity index (χ3v) is 2.29. The first kappa shape index (κ1) is 11.0. The van der Waals surface area contributed by atoms with Crippen molar-refractivity contribution in [2.75, 3.05) is 6.61 Å². The minimum Gasteiger partial charge on any atom is -0.478 e. The summed E-state index contributed by atoms with van der Waals surface area (Å²) in [6, 6.07) is 5.91. The van der Waals surface area contributed by atoms with Crippen LogP contribution in [-0.2, 0) is 0 Å². The Balaban J connectivity index is 2.82. The van der Waals surface area contributed by atoms with Gasteiger partial charge in [0.1, 0.15) is 0 Å². The molecule has 0 aliphatic rings. The SMILES string of the molecule is CCOc1cccc(C(C)C(C)N)n1. The van der Waals surface area contributed by atoms with Crippen molar-refractivity contribution in [2.24, 2.45) is 5.73 Å². The molecule has 0 fully saturated rings. The summed E-state index contributed by atoms with van der Waals surface area (Å²) in [5.41, 5.74) is 6.80. The van der Waals surface area contributed by atoms with Crippen LogP contribution >= 0.6 is 0 Å². The molecule has 0 saturated carbocycles. The lowest BCUT2D eigenvalue weighted by Crippen LogP contribution is -2.23. The van der Waals surface area contributed by atoms with E-state index in [9.17, 15) is 0 Å². The summed E-state index contributed by atoms with van der Waals surface area (Å²) in [5, 5.41) is 0. The third kappa shape index (κ3) is 2.70. The van der Waals surface area contributed by atoms with Crippen molar-refractivity contribution in [3.05, 3.63) is 23.9 Å². The fourth-order valence-corrected chi connectivity index (χ4v) is 1.18. The molecule has 0 radical (unpaired) electrons. The molecular weight excluding hydrogens is 176 g/mol. The fourth-order valence-electron chi connectivity index (χ4n) is 1.18. The zero-order chi connectivity index (χ0) is 10.6. The van der Waals surface area contributed by atoms with Crippen molar-refractivity contribution in [1.82, 2.24) is 4.98 Å². The smallest absolute Gasteiger partial charge is 0.213 e. The number of hydrogen-bond acceptors (Lipinski definition) is 3. The molecule has 0 aliphatic carbocycles. The number of aromatic nitrogens is 1. The Morgan fingerprint density at radius 2 is 2.14 bits per heavy atom. The standard InChI is InChI=1S/C11H18N2O/c1-4-14-11-7-5-6-10(13-11)8(2)9(3)12/h5-9H,4,12H2,1-3H3. The van der Waals surface area contributed by atoms with Crippen LogP contribution in [0.25, 0.3) is 0 Å². The summed E-state index contributed by atoms with van der Waals surface area (Å²) < 4.78 is 5.32. The van der Waals surface area contributed by atoms with Crippen molar-refractivity contribution < 1.29 is 4.74 Å². The van der Waals surface area contributed by atoms with Gasteiger partial charge in [-0.2, -0.15) is 0 Å². The average Bonchev–Trinajstić information content (AvgIpc) is 2.17. The van der Waals surface area contributed by atoms with Gasteiger partial charge in [-0.3, -0.25) is 0 Å². The number of ether oxygens (including phenoxy) is 1. The van der Waals surface area contributed by atoms with E-state index in [1.807, 2.05) is 32.0 Å². The third-order valence-electron chi connectivity index (χ3n) is 2.29. The van der Waals surface area contributed by atoms with Crippen LogP contribution in [-0.4, -0.2) is 17.6 Å². The Morgan fingerprint density at radius 1 is 1.43 bits per heavy atom. The van der Waals surface area contributed by atoms with Crippen molar-refractivity contribution in [3.63, 3.8) is 0 Å². The molecule has 1 aromatic rings. The summed E-state index contributed by atoms with van der Waals surface area (Å²) in [7, 11) is 0. The maximum atomic E-state index is 5.81. The second-order valence-electron chi connectivity index (χ2n) is 3.48. The monoisotopic (exact) mass is 194 g/mol. The van der Waals surface area contributed by atoms with E-state index in [-0.39, 0.29) is 12.0 Å². The highest BCUT2D eigenvalue weighted by atomic mass is 16.5. The maximum Gasteiger partial charge on any atom is 0.213 e. The van der Waals surface area contributed by atoms with Crippen molar-refractivity contribution >= 4 is 0 Å². The van der Waals surface area contributed by atoms with Crippen LogP contribution in [0.1, 0.15) is 32.4 Å². The van der Waals surface area contributed by atoms with Gasteiger partial charge in [-0.1, -0.05) is 13.0 Å². The number of rotatable bonds is 4. The van der Waals surface area contributed by atoms with Gasteiger partial charge >= 0.3 is 0 Å². The van der Waals surface area contributed by atoms with Gasteiger partial charge in [-0.05, 0) is 19.9 Å². The van der Waals surface area contributed by atoms with Gasteiger partial charge < -0.3 is 10.5 Å². The molecule has 2 atom stereocenters. The summed E-state index contributed by atoms with van der Waals surface area (Å²) in [6.45, 7) is 6.65. The zero-order valence-electron chi connectivity index (χ0n) is 9.03. The van der Waals surface area contributed by atoms with Gasteiger partial charge in [0.05, 0.1) is 6.61 Å². The number of nitrogens with zero attached hydrogens (tertiary/aromatic N) is 1. The molecule has 1 heterocycles. The molecule has 78 valence electrons. The van der Waals surface area contributed by atoms with E-state index in [0.29, 0.717) is 12.5 Å². The lowest BCUT2D eigenvalue weighted by atomic mass is 10.0. The summed E-state index contributed by atoms with van der Waals surface area (Å²) in [4.78, 5) is 4.38. The Morgan fingerprint density at radius 3 is 2.71 bits per heavy atom. The van der Waals surface area contributed by atoms with Gasteiger partial charge in [0.15, 0.2) is 0 Å². The van der Waals surface area contributed by atoms with Gasteiger partial charge in [0.25, 0.3) is 0 Å². The van der Waals surface area contributed by atoms with Gasteiger partial charge in [-0.15, -0.1) is 0 Å². The van der Waals surface area contributed by atoms with E-state index in [2.05, 4.69) is 11.9 Å². The molecule has 1 rings (SSSR count). The quantitative estimate of drug-likeness (QED) is 0.796. The van der Waals surface area contributed by atoms with Gasteiger partial charge in [0.2, 0.25) is 5.88 Å². The Kier molecular flexibility index (Phi) is 3.89. The van der Waals surface area contributed by atoms with Crippen LogP contribution < -0.4 is 10.5 Å². The predicted octanol–water partition coefficient (Wildman–Crippen LogP) is 1.93. The zero-order valence-corrected chi connectivity index (χ0v) is 9.03. The fraction of sp³-hybridized carbons (Fsp3) is 0.545. The van der Waals surface area contributed by atoms with E-state index in [0.717, 1.165) is 5.69 Å². The van der Waals surface area contributed by atoms with Crippen LogP contribution in [0.4, 0.5) is 0 Å². The molecule has 3 heteroatoms. The van der Waals surface area contributed by atoms with Crippen molar-refractivity contribution in [1.29, 1.82) is 0 Å². The van der Waals surface area contributed by atoms with Crippen molar-refractivity contribution in [2.45, 2.75) is 32.7 Å². The highest BCUT2D eigenvalue weighted by Gasteiger charge is 2.11. The molecule has 0 aromatic carbocycles. The first-order valence-electron chi connectivity index (χ1n) is 5.00. The van der Waals surface area contributed by atoms with E-state index in [1.165, 1.54) is 0 Å². The largest absolute Gasteiger partial charge is 0.478 e. The molecule has 2 unspecified atom stereocenters. The molecule has 1 aromatic heterocycles. The predicted molar refractivity (Wildman–Crippen MR) is 57.5 cm³/mol.